The quantitative estimate of drug-likeness (QED) is 0.658. The van der Waals surface area contributed by atoms with Crippen LogP contribution in [0.4, 0.5) is 10.8 Å². The van der Waals surface area contributed by atoms with E-state index in [4.69, 9.17) is 5.26 Å². The smallest absolute Gasteiger partial charge is 0.191 e. The zero-order valence-corrected chi connectivity index (χ0v) is 13.9. The van der Waals surface area contributed by atoms with Crippen LogP contribution >= 0.6 is 22.7 Å². The first-order valence-electron chi connectivity index (χ1n) is 6.78. The van der Waals surface area contributed by atoms with Gasteiger partial charge in [-0.15, -0.1) is 22.7 Å². The lowest BCUT2D eigenvalue weighted by molar-refractivity contribution is 0.111. The normalized spacial score (nSPS) is 10.3. The van der Waals surface area contributed by atoms with Gasteiger partial charge in [0.15, 0.2) is 11.4 Å². The molecule has 3 aromatic rings. The lowest BCUT2D eigenvalue weighted by atomic mass is 10.2. The molecule has 23 heavy (non-hydrogen) atoms. The molecular formula is C16H12N4OS2. The predicted molar refractivity (Wildman–Crippen MR) is 91.4 cm³/mol. The number of anilines is 2. The molecule has 0 spiro atoms. The number of thiazole rings is 2. The number of nitrogens with zero attached hydrogens (tertiary/aromatic N) is 4. The molecule has 0 bridgehead atoms. The van der Waals surface area contributed by atoms with Crippen LogP contribution in [0.3, 0.4) is 0 Å². The molecule has 114 valence electrons. The molecule has 0 saturated heterocycles. The Morgan fingerprint density at radius 1 is 1.35 bits per heavy atom. The first-order chi connectivity index (χ1) is 11.2. The summed E-state index contributed by atoms with van der Waals surface area (Å²) in [4.78, 5) is 22.7. The Morgan fingerprint density at radius 2 is 2.13 bits per heavy atom. The second-order valence-corrected chi connectivity index (χ2v) is 6.68. The lowest BCUT2D eigenvalue weighted by Gasteiger charge is -2.21. The van der Waals surface area contributed by atoms with Crippen molar-refractivity contribution in [3.8, 4) is 6.07 Å². The average Bonchev–Trinajstić information content (AvgIpc) is 3.22. The molecule has 0 radical (unpaired) electrons. The first-order valence-corrected chi connectivity index (χ1v) is 8.54. The largest absolute Gasteiger partial charge is 0.312 e. The van der Waals surface area contributed by atoms with Crippen LogP contribution in [0.1, 0.15) is 26.6 Å². The van der Waals surface area contributed by atoms with Crippen molar-refractivity contribution in [3.63, 3.8) is 0 Å². The SMILES string of the molecule is Cc1sc(N(Cc2cscn2)c2ccc(C#N)cc2)nc1C=O. The van der Waals surface area contributed by atoms with Crippen LogP contribution in [0, 0.1) is 18.3 Å². The summed E-state index contributed by atoms with van der Waals surface area (Å²) in [7, 11) is 0. The Hall–Kier alpha value is -2.56. The standard InChI is InChI=1S/C16H12N4OS2/c1-11-15(8-21)19-16(23-11)20(7-13-9-22-10-18-13)14-4-2-12(6-17)3-5-14/h2-5,8-10H,7H2,1H3. The van der Waals surface area contributed by atoms with Gasteiger partial charge in [0.05, 0.1) is 29.4 Å². The minimum Gasteiger partial charge on any atom is -0.312 e. The van der Waals surface area contributed by atoms with E-state index < -0.39 is 0 Å². The number of carbonyl (C=O) groups excluding carboxylic acids is 1. The zero-order chi connectivity index (χ0) is 16.2. The number of aryl methyl sites for hydroxylation is 1. The van der Waals surface area contributed by atoms with Gasteiger partial charge in [0.2, 0.25) is 0 Å². The third-order valence-corrected chi connectivity index (χ3v) is 4.92. The molecule has 0 saturated carbocycles. The summed E-state index contributed by atoms with van der Waals surface area (Å²) in [6.45, 7) is 2.44. The van der Waals surface area contributed by atoms with Crippen molar-refractivity contribution in [1.82, 2.24) is 9.97 Å². The van der Waals surface area contributed by atoms with Crippen molar-refractivity contribution in [2.75, 3.05) is 4.90 Å². The number of aldehydes is 1. The van der Waals surface area contributed by atoms with Crippen LogP contribution in [0.25, 0.3) is 0 Å². The highest BCUT2D eigenvalue weighted by Gasteiger charge is 2.17. The maximum atomic E-state index is 11.1. The van der Waals surface area contributed by atoms with E-state index in [0.29, 0.717) is 17.8 Å². The van der Waals surface area contributed by atoms with Crippen molar-refractivity contribution in [1.29, 1.82) is 5.26 Å². The maximum Gasteiger partial charge on any atom is 0.191 e. The van der Waals surface area contributed by atoms with Crippen LogP contribution in [0.15, 0.2) is 35.2 Å². The van der Waals surface area contributed by atoms with E-state index in [-0.39, 0.29) is 0 Å². The van der Waals surface area contributed by atoms with E-state index in [9.17, 15) is 4.79 Å². The van der Waals surface area contributed by atoms with E-state index in [0.717, 1.165) is 27.7 Å². The fraction of sp³-hybridized carbons (Fsp3) is 0.125. The Labute approximate surface area is 141 Å². The molecule has 0 atom stereocenters. The molecule has 0 aliphatic heterocycles. The van der Waals surface area contributed by atoms with E-state index in [2.05, 4.69) is 16.0 Å². The third-order valence-electron chi connectivity index (χ3n) is 3.28. The molecule has 0 N–H and O–H groups in total. The van der Waals surface area contributed by atoms with Gasteiger partial charge in [0, 0.05) is 15.9 Å². The van der Waals surface area contributed by atoms with Gasteiger partial charge in [-0.1, -0.05) is 0 Å². The zero-order valence-electron chi connectivity index (χ0n) is 12.3. The number of benzene rings is 1. The molecule has 2 aromatic heterocycles. The van der Waals surface area contributed by atoms with Crippen molar-refractivity contribution in [2.45, 2.75) is 13.5 Å². The molecule has 1 aromatic carbocycles. The number of nitriles is 1. The van der Waals surface area contributed by atoms with Crippen LogP contribution in [0.5, 0.6) is 0 Å². The maximum absolute atomic E-state index is 11.1. The van der Waals surface area contributed by atoms with Gasteiger partial charge in [-0.25, -0.2) is 9.97 Å². The minimum atomic E-state index is 0.460. The minimum absolute atomic E-state index is 0.460. The molecule has 3 rings (SSSR count). The van der Waals surface area contributed by atoms with Gasteiger partial charge in [0.1, 0.15) is 5.69 Å². The third kappa shape index (κ3) is 3.28. The molecule has 2 heterocycles. The number of carbonyl (C=O) groups is 1. The molecule has 0 amide bonds. The van der Waals surface area contributed by atoms with Crippen LogP contribution in [-0.2, 0) is 6.54 Å². The van der Waals surface area contributed by atoms with Gasteiger partial charge in [-0.3, -0.25) is 4.79 Å². The lowest BCUT2D eigenvalue weighted by Crippen LogP contribution is -2.16. The molecule has 0 fully saturated rings. The van der Waals surface area contributed by atoms with Crippen molar-refractivity contribution in [2.24, 2.45) is 0 Å². The molecule has 7 heteroatoms. The summed E-state index contributed by atoms with van der Waals surface area (Å²) in [5, 5.41) is 11.7. The average molecular weight is 340 g/mol. The topological polar surface area (TPSA) is 69.9 Å². The fourth-order valence-electron chi connectivity index (χ4n) is 2.08. The second-order valence-electron chi connectivity index (χ2n) is 4.78. The van der Waals surface area contributed by atoms with E-state index >= 15 is 0 Å². The molecule has 5 nitrogen and oxygen atoms in total. The van der Waals surface area contributed by atoms with Gasteiger partial charge >= 0.3 is 0 Å². The van der Waals surface area contributed by atoms with Crippen LogP contribution in [0.2, 0.25) is 0 Å². The van der Waals surface area contributed by atoms with Gasteiger partial charge in [0.25, 0.3) is 0 Å². The first kappa shape index (κ1) is 15.3. The summed E-state index contributed by atoms with van der Waals surface area (Å²) in [6, 6.07) is 9.40. The van der Waals surface area contributed by atoms with Crippen LogP contribution < -0.4 is 4.90 Å². The second kappa shape index (κ2) is 6.69. The molecule has 0 unspecified atom stereocenters. The van der Waals surface area contributed by atoms with Crippen LogP contribution in [-0.4, -0.2) is 16.3 Å². The summed E-state index contributed by atoms with van der Waals surface area (Å²) in [5.74, 6) is 0. The highest BCUT2D eigenvalue weighted by Crippen LogP contribution is 2.32. The Balaban J connectivity index is 2.01. The Kier molecular flexibility index (Phi) is 4.46. The summed E-state index contributed by atoms with van der Waals surface area (Å²) in [6.07, 6.45) is 0.773. The van der Waals surface area contributed by atoms with Gasteiger partial charge in [-0.2, -0.15) is 5.26 Å². The predicted octanol–water partition coefficient (Wildman–Crippen LogP) is 3.93. The summed E-state index contributed by atoms with van der Waals surface area (Å²) in [5.41, 5.74) is 4.69. The number of hydrogen-bond donors (Lipinski definition) is 0. The molecular weight excluding hydrogens is 328 g/mol. The fourth-order valence-corrected chi connectivity index (χ4v) is 3.53. The molecule has 0 aliphatic carbocycles. The van der Waals surface area contributed by atoms with Gasteiger partial charge in [-0.05, 0) is 31.2 Å². The molecule has 0 aliphatic rings. The van der Waals surface area contributed by atoms with E-state index in [1.165, 1.54) is 22.7 Å². The Morgan fingerprint density at radius 3 is 2.70 bits per heavy atom. The number of hydrogen-bond acceptors (Lipinski definition) is 7. The van der Waals surface area contributed by atoms with Crippen molar-refractivity contribution >= 4 is 39.8 Å². The van der Waals surface area contributed by atoms with Gasteiger partial charge < -0.3 is 4.90 Å². The monoisotopic (exact) mass is 340 g/mol. The van der Waals surface area contributed by atoms with E-state index in [1.807, 2.05) is 29.3 Å². The van der Waals surface area contributed by atoms with Crippen molar-refractivity contribution < 1.29 is 4.79 Å². The van der Waals surface area contributed by atoms with Crippen molar-refractivity contribution in [3.05, 3.63) is 57.0 Å². The summed E-state index contributed by atoms with van der Waals surface area (Å²) < 4.78 is 0. The number of aromatic nitrogens is 2. The highest BCUT2D eigenvalue weighted by atomic mass is 32.1. The Bertz CT molecular complexity index is 847. The number of rotatable bonds is 5. The summed E-state index contributed by atoms with van der Waals surface area (Å²) >= 11 is 3.00. The van der Waals surface area contributed by atoms with E-state index in [1.54, 1.807) is 17.6 Å². The highest BCUT2D eigenvalue weighted by molar-refractivity contribution is 7.15.